The van der Waals surface area contributed by atoms with Crippen LogP contribution in [0.5, 0.6) is 0 Å². The molecule has 0 aliphatic heterocycles. The van der Waals surface area contributed by atoms with Gasteiger partial charge in [0.05, 0.1) is 16.8 Å². The van der Waals surface area contributed by atoms with Crippen LogP contribution in [-0.2, 0) is 6.42 Å². The van der Waals surface area contributed by atoms with Crippen LogP contribution in [0.25, 0.3) is 0 Å². The summed E-state index contributed by atoms with van der Waals surface area (Å²) in [4.78, 5) is 4.46. The van der Waals surface area contributed by atoms with Crippen molar-refractivity contribution >= 4 is 11.6 Å². The van der Waals surface area contributed by atoms with Crippen LogP contribution in [0.3, 0.4) is 0 Å². The Hall–Kier alpha value is -1.38. The van der Waals surface area contributed by atoms with E-state index in [0.29, 0.717) is 5.02 Å². The normalized spacial score (nSPS) is 12.3. The first kappa shape index (κ1) is 15.0. The number of rotatable bonds is 6. The lowest BCUT2D eigenvalue weighted by Crippen LogP contribution is -2.24. The summed E-state index contributed by atoms with van der Waals surface area (Å²) < 4.78 is 0. The van der Waals surface area contributed by atoms with Gasteiger partial charge in [-0.25, -0.2) is 0 Å². The van der Waals surface area contributed by atoms with E-state index in [9.17, 15) is 0 Å². The van der Waals surface area contributed by atoms with Gasteiger partial charge in [-0.3, -0.25) is 4.98 Å². The van der Waals surface area contributed by atoms with Gasteiger partial charge < -0.3 is 5.32 Å². The van der Waals surface area contributed by atoms with Gasteiger partial charge in [-0.2, -0.15) is 0 Å². The van der Waals surface area contributed by atoms with E-state index < -0.39 is 0 Å². The molecule has 0 saturated heterocycles. The molecular weight excluding hydrogens is 268 g/mol. The summed E-state index contributed by atoms with van der Waals surface area (Å²) in [6.45, 7) is 5.26. The number of nitrogens with zero attached hydrogens (tertiary/aromatic N) is 1. The van der Waals surface area contributed by atoms with Crippen LogP contribution in [-0.4, -0.2) is 11.5 Å². The first-order valence-electron chi connectivity index (χ1n) is 7.18. The molecule has 3 heteroatoms. The Bertz CT molecular complexity index is 537. The predicted octanol–water partition coefficient (Wildman–Crippen LogP) is 4.39. The van der Waals surface area contributed by atoms with Crippen molar-refractivity contribution in [2.24, 2.45) is 0 Å². The Morgan fingerprint density at radius 2 is 1.90 bits per heavy atom. The van der Waals surface area contributed by atoms with E-state index in [0.717, 1.165) is 25.1 Å². The van der Waals surface area contributed by atoms with Crippen molar-refractivity contribution in [2.75, 3.05) is 6.54 Å². The summed E-state index contributed by atoms with van der Waals surface area (Å²) in [6, 6.07) is 12.5. The minimum absolute atomic E-state index is 0.0505. The number of nitrogens with one attached hydrogen (secondary N) is 1. The van der Waals surface area contributed by atoms with Crippen LogP contribution in [0.1, 0.15) is 43.1 Å². The van der Waals surface area contributed by atoms with Gasteiger partial charge in [-0.1, -0.05) is 49.7 Å². The van der Waals surface area contributed by atoms with Crippen LogP contribution in [0, 0.1) is 0 Å². The molecule has 20 heavy (non-hydrogen) atoms. The number of aromatic nitrogens is 1. The number of aryl methyl sites for hydroxylation is 1. The van der Waals surface area contributed by atoms with Crippen molar-refractivity contribution in [1.82, 2.24) is 10.3 Å². The molecule has 0 radical (unpaired) electrons. The molecule has 106 valence electrons. The molecule has 1 unspecified atom stereocenters. The van der Waals surface area contributed by atoms with Crippen molar-refractivity contribution in [3.63, 3.8) is 0 Å². The topological polar surface area (TPSA) is 24.9 Å². The number of hydrogen-bond acceptors (Lipinski definition) is 2. The van der Waals surface area contributed by atoms with E-state index in [1.165, 1.54) is 11.1 Å². The number of pyridine rings is 1. The van der Waals surface area contributed by atoms with Crippen LogP contribution in [0.15, 0.2) is 42.6 Å². The van der Waals surface area contributed by atoms with Gasteiger partial charge in [0.2, 0.25) is 0 Å². The maximum atomic E-state index is 6.30. The van der Waals surface area contributed by atoms with E-state index >= 15 is 0 Å². The van der Waals surface area contributed by atoms with E-state index in [2.05, 4.69) is 48.4 Å². The monoisotopic (exact) mass is 288 g/mol. The zero-order chi connectivity index (χ0) is 14.4. The molecule has 2 aromatic rings. The molecule has 0 spiro atoms. The second-order valence-electron chi connectivity index (χ2n) is 4.85. The van der Waals surface area contributed by atoms with Crippen LogP contribution in [0.2, 0.25) is 5.02 Å². The van der Waals surface area contributed by atoms with Gasteiger partial charge in [0.1, 0.15) is 0 Å². The van der Waals surface area contributed by atoms with Gasteiger partial charge in [0, 0.05) is 6.20 Å². The highest BCUT2D eigenvalue weighted by atomic mass is 35.5. The zero-order valence-corrected chi connectivity index (χ0v) is 12.8. The van der Waals surface area contributed by atoms with Crippen molar-refractivity contribution in [3.05, 3.63) is 64.4 Å². The molecule has 0 aliphatic carbocycles. The van der Waals surface area contributed by atoms with Gasteiger partial charge in [-0.05, 0) is 42.6 Å². The fraction of sp³-hybridized carbons (Fsp3) is 0.353. The molecule has 0 fully saturated rings. The standard InChI is InChI=1S/C17H21ClN2/c1-3-11-19-16(17-15(18)6-5-12-20-17)14-9-7-13(4-2)8-10-14/h5-10,12,16,19H,3-4,11H2,1-2H3. The Morgan fingerprint density at radius 3 is 2.50 bits per heavy atom. The second-order valence-corrected chi connectivity index (χ2v) is 5.26. The Balaban J connectivity index is 2.33. The third-order valence-corrected chi connectivity index (χ3v) is 3.70. The van der Waals surface area contributed by atoms with E-state index in [-0.39, 0.29) is 6.04 Å². The molecular formula is C17H21ClN2. The molecule has 0 aliphatic rings. The Kier molecular flexibility index (Phi) is 5.57. The highest BCUT2D eigenvalue weighted by Crippen LogP contribution is 2.26. The van der Waals surface area contributed by atoms with E-state index in [1.54, 1.807) is 6.20 Å². The summed E-state index contributed by atoms with van der Waals surface area (Å²) in [5, 5.41) is 4.24. The number of hydrogen-bond donors (Lipinski definition) is 1. The molecule has 1 N–H and O–H groups in total. The molecule has 0 saturated carbocycles. The Morgan fingerprint density at radius 1 is 1.15 bits per heavy atom. The first-order valence-corrected chi connectivity index (χ1v) is 7.56. The van der Waals surface area contributed by atoms with Crippen molar-refractivity contribution in [2.45, 2.75) is 32.7 Å². The lowest BCUT2D eigenvalue weighted by molar-refractivity contribution is 0.586. The summed E-state index contributed by atoms with van der Waals surface area (Å²) >= 11 is 6.30. The second kappa shape index (κ2) is 7.41. The van der Waals surface area contributed by atoms with Gasteiger partial charge in [0.25, 0.3) is 0 Å². The van der Waals surface area contributed by atoms with Crippen molar-refractivity contribution < 1.29 is 0 Å². The maximum Gasteiger partial charge on any atom is 0.0804 e. The van der Waals surface area contributed by atoms with Gasteiger partial charge >= 0.3 is 0 Å². The zero-order valence-electron chi connectivity index (χ0n) is 12.1. The fourth-order valence-electron chi connectivity index (χ4n) is 2.22. The highest BCUT2D eigenvalue weighted by Gasteiger charge is 2.17. The van der Waals surface area contributed by atoms with Crippen LogP contribution < -0.4 is 5.32 Å². The van der Waals surface area contributed by atoms with Crippen LogP contribution in [0.4, 0.5) is 0 Å². The van der Waals surface area contributed by atoms with E-state index in [1.807, 2.05) is 12.1 Å². The average molecular weight is 289 g/mol. The Labute approximate surface area is 126 Å². The third-order valence-electron chi connectivity index (χ3n) is 3.38. The number of halogens is 1. The summed E-state index contributed by atoms with van der Waals surface area (Å²) in [7, 11) is 0. The largest absolute Gasteiger partial charge is 0.305 e. The molecule has 1 heterocycles. The lowest BCUT2D eigenvalue weighted by Gasteiger charge is -2.20. The fourth-order valence-corrected chi connectivity index (χ4v) is 2.45. The molecule has 0 amide bonds. The minimum atomic E-state index is 0.0505. The van der Waals surface area contributed by atoms with E-state index in [4.69, 9.17) is 11.6 Å². The molecule has 1 aromatic heterocycles. The van der Waals surface area contributed by atoms with Crippen molar-refractivity contribution in [3.8, 4) is 0 Å². The summed E-state index contributed by atoms with van der Waals surface area (Å²) in [6.07, 6.45) is 3.92. The SMILES string of the molecule is CCCNC(c1ccc(CC)cc1)c1ncccc1Cl. The third kappa shape index (κ3) is 3.59. The maximum absolute atomic E-state index is 6.30. The summed E-state index contributed by atoms with van der Waals surface area (Å²) in [5.41, 5.74) is 3.44. The van der Waals surface area contributed by atoms with Gasteiger partial charge in [-0.15, -0.1) is 0 Å². The minimum Gasteiger partial charge on any atom is -0.305 e. The highest BCUT2D eigenvalue weighted by molar-refractivity contribution is 6.31. The summed E-state index contributed by atoms with van der Waals surface area (Å²) in [5.74, 6) is 0. The molecule has 2 rings (SSSR count). The van der Waals surface area contributed by atoms with Gasteiger partial charge in [0.15, 0.2) is 0 Å². The van der Waals surface area contributed by atoms with Crippen LogP contribution >= 0.6 is 11.6 Å². The molecule has 1 atom stereocenters. The predicted molar refractivity (Wildman–Crippen MR) is 85.2 cm³/mol. The average Bonchev–Trinajstić information content (AvgIpc) is 2.50. The lowest BCUT2D eigenvalue weighted by atomic mass is 10.0. The molecule has 1 aromatic carbocycles. The quantitative estimate of drug-likeness (QED) is 0.853. The molecule has 0 bridgehead atoms. The smallest absolute Gasteiger partial charge is 0.0804 e. The first-order chi connectivity index (χ1) is 9.76. The molecule has 2 nitrogen and oxygen atoms in total. The number of benzene rings is 1. The van der Waals surface area contributed by atoms with Crippen molar-refractivity contribution in [1.29, 1.82) is 0 Å².